The van der Waals surface area contributed by atoms with Crippen molar-refractivity contribution in [3.05, 3.63) is 54.0 Å². The summed E-state index contributed by atoms with van der Waals surface area (Å²) < 4.78 is 32.3. The van der Waals surface area contributed by atoms with Gasteiger partial charge in [-0.05, 0) is 19.1 Å². The van der Waals surface area contributed by atoms with Gasteiger partial charge in [-0.2, -0.15) is 0 Å². The van der Waals surface area contributed by atoms with Gasteiger partial charge in [-0.1, -0.05) is 0 Å². The first kappa shape index (κ1) is 17.5. The molecule has 140 valence electrons. The fourth-order valence-electron chi connectivity index (χ4n) is 3.17. The van der Waals surface area contributed by atoms with Crippen molar-refractivity contribution in [3.8, 4) is 0 Å². The molecular weight excluding hydrogens is 352 g/mol. The molecule has 0 radical (unpaired) electrons. The van der Waals surface area contributed by atoms with Crippen LogP contribution < -0.4 is 10.2 Å². The normalized spacial score (nSPS) is 15.7. The van der Waals surface area contributed by atoms with Crippen molar-refractivity contribution >= 4 is 22.5 Å². The van der Waals surface area contributed by atoms with Crippen LogP contribution in [0, 0.1) is 11.6 Å². The number of benzene rings is 1. The van der Waals surface area contributed by atoms with Gasteiger partial charge in [0.1, 0.15) is 23.0 Å². The van der Waals surface area contributed by atoms with Crippen molar-refractivity contribution in [1.82, 2.24) is 15.0 Å². The van der Waals surface area contributed by atoms with E-state index in [1.54, 1.807) is 18.6 Å². The third-order valence-corrected chi connectivity index (χ3v) is 4.52. The van der Waals surface area contributed by atoms with Crippen molar-refractivity contribution in [1.29, 1.82) is 0 Å². The van der Waals surface area contributed by atoms with Gasteiger partial charge in [0.25, 0.3) is 0 Å². The predicted octanol–water partition coefficient (Wildman–Crippen LogP) is 3.31. The smallest absolute Gasteiger partial charge is 0.148 e. The van der Waals surface area contributed by atoms with Crippen LogP contribution in [0.25, 0.3) is 11.0 Å². The second-order valence-corrected chi connectivity index (χ2v) is 6.45. The summed E-state index contributed by atoms with van der Waals surface area (Å²) in [6.07, 6.45) is 5.09. The molecule has 1 aliphatic heterocycles. The number of nitrogens with one attached hydrogen (secondary N) is 1. The fraction of sp³-hybridized carbons (Fsp3) is 0.316. The first-order valence-corrected chi connectivity index (χ1v) is 8.76. The van der Waals surface area contributed by atoms with Crippen LogP contribution >= 0.6 is 0 Å². The van der Waals surface area contributed by atoms with Crippen LogP contribution in [0.15, 0.2) is 36.8 Å². The number of aromatic nitrogens is 3. The highest BCUT2D eigenvalue weighted by molar-refractivity contribution is 5.79. The molecule has 4 rings (SSSR count). The number of ether oxygens (including phenoxy) is 1. The van der Waals surface area contributed by atoms with Crippen molar-refractivity contribution < 1.29 is 13.5 Å². The van der Waals surface area contributed by atoms with Crippen molar-refractivity contribution in [2.24, 2.45) is 0 Å². The molecule has 0 bridgehead atoms. The van der Waals surface area contributed by atoms with E-state index >= 15 is 0 Å². The monoisotopic (exact) mass is 371 g/mol. The highest BCUT2D eigenvalue weighted by Gasteiger charge is 2.17. The van der Waals surface area contributed by atoms with Gasteiger partial charge in [-0.25, -0.2) is 18.7 Å². The van der Waals surface area contributed by atoms with Gasteiger partial charge in [0.2, 0.25) is 0 Å². The molecule has 3 aromatic rings. The van der Waals surface area contributed by atoms with Gasteiger partial charge in [0, 0.05) is 36.6 Å². The average Bonchev–Trinajstić information content (AvgIpc) is 2.67. The summed E-state index contributed by atoms with van der Waals surface area (Å²) in [5, 5.41) is 3.11. The zero-order valence-electron chi connectivity index (χ0n) is 14.8. The molecule has 0 aliphatic carbocycles. The van der Waals surface area contributed by atoms with Crippen LogP contribution in [0.1, 0.15) is 18.5 Å². The first-order valence-electron chi connectivity index (χ1n) is 8.76. The Hall–Kier alpha value is -2.87. The SMILES string of the molecule is CC(Nc1cc(F)cc(F)c1)c1cncc2ncc(N3CCOCC3)nc12. The molecule has 1 atom stereocenters. The molecule has 27 heavy (non-hydrogen) atoms. The highest BCUT2D eigenvalue weighted by Crippen LogP contribution is 2.26. The summed E-state index contributed by atoms with van der Waals surface area (Å²) >= 11 is 0. The van der Waals surface area contributed by atoms with Gasteiger partial charge in [0.15, 0.2) is 0 Å². The second-order valence-electron chi connectivity index (χ2n) is 6.45. The largest absolute Gasteiger partial charge is 0.378 e. The number of anilines is 2. The summed E-state index contributed by atoms with van der Waals surface area (Å²) in [6, 6.07) is 3.08. The fourth-order valence-corrected chi connectivity index (χ4v) is 3.17. The van der Waals surface area contributed by atoms with E-state index in [0.29, 0.717) is 29.9 Å². The van der Waals surface area contributed by atoms with E-state index in [0.717, 1.165) is 30.5 Å². The molecule has 1 aliphatic rings. The Morgan fingerprint density at radius 2 is 1.81 bits per heavy atom. The molecule has 1 unspecified atom stereocenters. The summed E-state index contributed by atoms with van der Waals surface area (Å²) in [6.45, 7) is 4.73. The number of hydrogen-bond acceptors (Lipinski definition) is 6. The summed E-state index contributed by atoms with van der Waals surface area (Å²) in [5.41, 5.74) is 2.54. The number of nitrogens with zero attached hydrogens (tertiary/aromatic N) is 4. The Bertz CT molecular complexity index is 942. The molecule has 6 nitrogen and oxygen atoms in total. The maximum absolute atomic E-state index is 13.5. The Morgan fingerprint density at radius 1 is 1.07 bits per heavy atom. The minimum Gasteiger partial charge on any atom is -0.378 e. The molecule has 0 amide bonds. The molecule has 1 N–H and O–H groups in total. The third kappa shape index (κ3) is 3.80. The molecule has 0 saturated carbocycles. The number of halogens is 2. The lowest BCUT2D eigenvalue weighted by Gasteiger charge is -2.27. The Kier molecular flexibility index (Phi) is 4.81. The maximum Gasteiger partial charge on any atom is 0.148 e. The highest BCUT2D eigenvalue weighted by atomic mass is 19.1. The van der Waals surface area contributed by atoms with Gasteiger partial charge < -0.3 is 15.0 Å². The van der Waals surface area contributed by atoms with E-state index in [2.05, 4.69) is 20.2 Å². The van der Waals surface area contributed by atoms with E-state index in [4.69, 9.17) is 9.72 Å². The van der Waals surface area contributed by atoms with E-state index in [1.165, 1.54) is 12.1 Å². The number of morpholine rings is 1. The maximum atomic E-state index is 13.5. The van der Waals surface area contributed by atoms with Crippen LogP contribution in [0.4, 0.5) is 20.3 Å². The topological polar surface area (TPSA) is 63.2 Å². The van der Waals surface area contributed by atoms with E-state index in [1.807, 2.05) is 6.92 Å². The first-order chi connectivity index (χ1) is 13.1. The van der Waals surface area contributed by atoms with E-state index in [-0.39, 0.29) is 6.04 Å². The van der Waals surface area contributed by atoms with Crippen LogP contribution in [0.3, 0.4) is 0 Å². The molecule has 1 aromatic carbocycles. The quantitative estimate of drug-likeness (QED) is 0.759. The molecule has 8 heteroatoms. The Labute approximate surface area is 155 Å². The number of fused-ring (bicyclic) bond motifs is 1. The van der Waals surface area contributed by atoms with Crippen LogP contribution in [0.2, 0.25) is 0 Å². The average molecular weight is 371 g/mol. The van der Waals surface area contributed by atoms with Gasteiger partial charge in [-0.3, -0.25) is 4.98 Å². The molecule has 1 saturated heterocycles. The lowest BCUT2D eigenvalue weighted by Crippen LogP contribution is -2.36. The van der Waals surface area contributed by atoms with Crippen molar-refractivity contribution in [2.45, 2.75) is 13.0 Å². The third-order valence-electron chi connectivity index (χ3n) is 4.52. The number of hydrogen-bond donors (Lipinski definition) is 1. The molecule has 2 aromatic heterocycles. The predicted molar refractivity (Wildman–Crippen MR) is 98.8 cm³/mol. The zero-order chi connectivity index (χ0) is 18.8. The standard InChI is InChI=1S/C19H19F2N5O/c1-12(24-15-7-13(20)6-14(21)8-15)16-9-22-10-17-19(16)25-18(11-23-17)26-2-4-27-5-3-26/h6-12,24H,2-5H2,1H3. The van der Waals surface area contributed by atoms with Crippen LogP contribution in [-0.2, 0) is 4.74 Å². The van der Waals surface area contributed by atoms with E-state index in [9.17, 15) is 8.78 Å². The Morgan fingerprint density at radius 3 is 2.56 bits per heavy atom. The van der Waals surface area contributed by atoms with Gasteiger partial charge >= 0.3 is 0 Å². The summed E-state index contributed by atoms with van der Waals surface area (Å²) in [4.78, 5) is 15.6. The van der Waals surface area contributed by atoms with Crippen LogP contribution in [0.5, 0.6) is 0 Å². The minimum absolute atomic E-state index is 0.267. The zero-order valence-corrected chi connectivity index (χ0v) is 14.8. The van der Waals surface area contributed by atoms with Crippen molar-refractivity contribution in [2.75, 3.05) is 36.5 Å². The lowest BCUT2D eigenvalue weighted by atomic mass is 10.1. The second kappa shape index (κ2) is 7.40. The lowest BCUT2D eigenvalue weighted by molar-refractivity contribution is 0.122. The molecule has 3 heterocycles. The number of rotatable bonds is 4. The van der Waals surface area contributed by atoms with E-state index < -0.39 is 11.6 Å². The summed E-state index contributed by atoms with van der Waals surface area (Å²) in [7, 11) is 0. The summed E-state index contributed by atoms with van der Waals surface area (Å²) in [5.74, 6) is -0.479. The van der Waals surface area contributed by atoms with Crippen LogP contribution in [-0.4, -0.2) is 41.3 Å². The minimum atomic E-state index is -0.629. The molecular formula is C19H19F2N5O. The molecule has 0 spiro atoms. The number of pyridine rings is 1. The van der Waals surface area contributed by atoms with Gasteiger partial charge in [0.05, 0.1) is 37.2 Å². The Balaban J connectivity index is 1.67. The molecule has 1 fully saturated rings. The van der Waals surface area contributed by atoms with Gasteiger partial charge in [-0.15, -0.1) is 0 Å². The van der Waals surface area contributed by atoms with Crippen molar-refractivity contribution in [3.63, 3.8) is 0 Å².